The number of fused-ring (bicyclic) bond motifs is 2. The number of rotatable bonds is 7. The number of aryl methyl sites for hydroxylation is 3. The second-order valence-corrected chi connectivity index (χ2v) is 9.57. The van der Waals surface area contributed by atoms with Crippen molar-refractivity contribution < 1.29 is 14.7 Å². The maximum Gasteiger partial charge on any atom is 0.330 e. The van der Waals surface area contributed by atoms with Crippen LogP contribution in [0, 0.1) is 13.8 Å². The molecular formula is C29H28N4O4. The van der Waals surface area contributed by atoms with Gasteiger partial charge in [0.05, 0.1) is 30.0 Å². The number of benzene rings is 3. The molecule has 5 rings (SSSR count). The van der Waals surface area contributed by atoms with Gasteiger partial charge in [0, 0.05) is 29.7 Å². The van der Waals surface area contributed by atoms with E-state index in [1.165, 1.54) is 4.57 Å². The molecule has 8 nitrogen and oxygen atoms in total. The van der Waals surface area contributed by atoms with Gasteiger partial charge in [0.2, 0.25) is 5.91 Å². The molecular weight excluding hydrogens is 468 g/mol. The number of carboxylic acids is 1. The quantitative estimate of drug-likeness (QED) is 0.353. The van der Waals surface area contributed by atoms with E-state index in [9.17, 15) is 19.5 Å². The van der Waals surface area contributed by atoms with E-state index in [2.05, 4.69) is 30.5 Å². The molecule has 0 bridgehead atoms. The Morgan fingerprint density at radius 3 is 2.38 bits per heavy atom. The van der Waals surface area contributed by atoms with Gasteiger partial charge in [0.25, 0.3) is 0 Å². The molecule has 8 heteroatoms. The van der Waals surface area contributed by atoms with Crippen LogP contribution in [0.1, 0.15) is 45.1 Å². The minimum absolute atomic E-state index is 0.247. The van der Waals surface area contributed by atoms with Gasteiger partial charge in [-0.25, -0.2) is 4.79 Å². The fraction of sp³-hybridized carbons (Fsp3) is 0.207. The number of hydrogen-bond donors (Lipinski definition) is 2. The molecule has 0 aliphatic heterocycles. The van der Waals surface area contributed by atoms with E-state index < -0.39 is 17.9 Å². The van der Waals surface area contributed by atoms with Crippen molar-refractivity contribution in [3.05, 3.63) is 105 Å². The number of carbonyl (C=O) groups is 2. The standard InChI is InChI=1S/C29H28N4O4/c1-17-11-18(2)27-21(15-31(3)25(27)12-17)16-32-22-10-9-20(28(30)36)13-24(22)33(29(32)37)23(14-26(34)35)19-7-5-4-6-8-19/h4-13,15,23H,14,16H2,1-3H3,(H2,30,36)(H,34,35)/t23-/m1/s1. The van der Waals surface area contributed by atoms with Crippen LogP contribution in [-0.4, -0.2) is 30.7 Å². The van der Waals surface area contributed by atoms with Crippen LogP contribution in [0.3, 0.4) is 0 Å². The molecule has 1 atom stereocenters. The highest BCUT2D eigenvalue weighted by Gasteiger charge is 2.25. The molecule has 0 spiro atoms. The minimum atomic E-state index is -1.03. The number of amides is 1. The summed E-state index contributed by atoms with van der Waals surface area (Å²) >= 11 is 0. The highest BCUT2D eigenvalue weighted by Crippen LogP contribution is 2.30. The van der Waals surface area contributed by atoms with Crippen LogP contribution < -0.4 is 11.4 Å². The van der Waals surface area contributed by atoms with Crippen LogP contribution in [0.2, 0.25) is 0 Å². The third kappa shape index (κ3) is 4.20. The summed E-state index contributed by atoms with van der Waals surface area (Å²) in [6, 6.07) is 17.4. The second-order valence-electron chi connectivity index (χ2n) is 9.57. The topological polar surface area (TPSA) is 112 Å². The Bertz CT molecular complexity index is 1740. The summed E-state index contributed by atoms with van der Waals surface area (Å²) in [5.74, 6) is -1.66. The lowest BCUT2D eigenvalue weighted by molar-refractivity contribution is -0.137. The van der Waals surface area contributed by atoms with E-state index >= 15 is 0 Å². The van der Waals surface area contributed by atoms with Crippen molar-refractivity contribution in [3.63, 3.8) is 0 Å². The molecule has 37 heavy (non-hydrogen) atoms. The zero-order valence-electron chi connectivity index (χ0n) is 20.9. The molecule has 5 aromatic rings. The summed E-state index contributed by atoms with van der Waals surface area (Å²) in [4.78, 5) is 38.0. The Morgan fingerprint density at radius 2 is 1.70 bits per heavy atom. The molecule has 2 heterocycles. The maximum atomic E-state index is 14.1. The first kappa shape index (κ1) is 24.1. The molecule has 3 N–H and O–H groups in total. The lowest BCUT2D eigenvalue weighted by atomic mass is 10.0. The molecule has 0 fully saturated rings. The molecule has 0 radical (unpaired) electrons. The summed E-state index contributed by atoms with van der Waals surface area (Å²) in [6.07, 6.45) is 1.73. The summed E-state index contributed by atoms with van der Waals surface area (Å²) < 4.78 is 5.18. The number of imidazole rings is 1. The van der Waals surface area contributed by atoms with Gasteiger partial charge in [-0.2, -0.15) is 0 Å². The van der Waals surface area contributed by atoms with Crippen molar-refractivity contribution in [1.29, 1.82) is 0 Å². The van der Waals surface area contributed by atoms with Crippen LogP contribution in [0.15, 0.2) is 71.7 Å². The highest BCUT2D eigenvalue weighted by atomic mass is 16.4. The fourth-order valence-corrected chi connectivity index (χ4v) is 5.39. The molecule has 0 saturated carbocycles. The first-order valence-corrected chi connectivity index (χ1v) is 12.0. The molecule has 0 unspecified atom stereocenters. The van der Waals surface area contributed by atoms with Gasteiger partial charge < -0.3 is 15.4 Å². The van der Waals surface area contributed by atoms with Crippen molar-refractivity contribution in [1.82, 2.24) is 13.7 Å². The summed E-state index contributed by atoms with van der Waals surface area (Å²) in [5, 5.41) is 10.8. The molecule has 1 amide bonds. The highest BCUT2D eigenvalue weighted by molar-refractivity contribution is 5.96. The SMILES string of the molecule is Cc1cc(C)c2c(Cn3c(=O)n([C@H](CC(=O)O)c4ccccc4)c4cc(C(N)=O)ccc43)cn(C)c2c1. The Morgan fingerprint density at radius 1 is 0.973 bits per heavy atom. The fourth-order valence-electron chi connectivity index (χ4n) is 5.39. The monoisotopic (exact) mass is 496 g/mol. The Balaban J connectivity index is 1.78. The number of aromatic nitrogens is 3. The Kier molecular flexibility index (Phi) is 5.95. The molecule has 0 saturated heterocycles. The van der Waals surface area contributed by atoms with Gasteiger partial charge in [-0.05, 0) is 60.4 Å². The number of aliphatic carboxylic acids is 1. The average Bonchev–Trinajstić information content (AvgIpc) is 3.31. The average molecular weight is 497 g/mol. The zero-order valence-corrected chi connectivity index (χ0v) is 20.9. The van der Waals surface area contributed by atoms with Gasteiger partial charge in [0.15, 0.2) is 0 Å². The van der Waals surface area contributed by atoms with Crippen LogP contribution in [0.4, 0.5) is 0 Å². The second kappa shape index (κ2) is 9.13. The largest absolute Gasteiger partial charge is 0.481 e. The van der Waals surface area contributed by atoms with Crippen LogP contribution in [0.25, 0.3) is 21.9 Å². The molecule has 0 aliphatic rings. The van der Waals surface area contributed by atoms with E-state index in [-0.39, 0.29) is 24.2 Å². The zero-order chi connectivity index (χ0) is 26.4. The van der Waals surface area contributed by atoms with Gasteiger partial charge in [-0.3, -0.25) is 18.7 Å². The van der Waals surface area contributed by atoms with E-state index in [1.807, 2.05) is 31.4 Å². The van der Waals surface area contributed by atoms with E-state index in [0.717, 1.165) is 27.6 Å². The number of nitrogens with zero attached hydrogens (tertiary/aromatic N) is 3. The van der Waals surface area contributed by atoms with Gasteiger partial charge >= 0.3 is 11.7 Å². The lowest BCUT2D eigenvalue weighted by Gasteiger charge is -2.17. The van der Waals surface area contributed by atoms with Crippen molar-refractivity contribution in [2.75, 3.05) is 0 Å². The number of carboxylic acid groups (broad SMARTS) is 1. The molecule has 188 valence electrons. The van der Waals surface area contributed by atoms with Gasteiger partial charge in [0.1, 0.15) is 0 Å². The number of hydrogen-bond acceptors (Lipinski definition) is 3. The van der Waals surface area contributed by atoms with Crippen LogP contribution >= 0.6 is 0 Å². The molecule has 0 aliphatic carbocycles. The smallest absolute Gasteiger partial charge is 0.330 e. The van der Waals surface area contributed by atoms with Crippen molar-refractivity contribution in [2.45, 2.75) is 32.9 Å². The third-order valence-corrected chi connectivity index (χ3v) is 6.95. The van der Waals surface area contributed by atoms with E-state index in [4.69, 9.17) is 5.73 Å². The van der Waals surface area contributed by atoms with E-state index in [0.29, 0.717) is 16.6 Å². The first-order valence-electron chi connectivity index (χ1n) is 12.0. The number of carbonyl (C=O) groups excluding carboxylic acids is 1. The Labute approximate surface area is 213 Å². The normalized spacial score (nSPS) is 12.3. The van der Waals surface area contributed by atoms with Crippen molar-refractivity contribution >= 4 is 33.8 Å². The van der Waals surface area contributed by atoms with Crippen molar-refractivity contribution in [2.24, 2.45) is 12.8 Å². The predicted molar refractivity (Wildman–Crippen MR) is 143 cm³/mol. The summed E-state index contributed by atoms with van der Waals surface area (Å²) in [5.41, 5.74) is 11.5. The van der Waals surface area contributed by atoms with Crippen LogP contribution in [-0.2, 0) is 18.4 Å². The van der Waals surface area contributed by atoms with E-state index in [1.54, 1.807) is 34.9 Å². The third-order valence-electron chi connectivity index (χ3n) is 6.95. The van der Waals surface area contributed by atoms with Gasteiger partial charge in [-0.15, -0.1) is 0 Å². The molecule has 3 aromatic carbocycles. The van der Waals surface area contributed by atoms with Crippen LogP contribution in [0.5, 0.6) is 0 Å². The summed E-state index contributed by atoms with van der Waals surface area (Å²) in [7, 11) is 1.98. The Hall–Kier alpha value is -4.59. The number of primary amides is 1. The first-order chi connectivity index (χ1) is 17.7. The maximum absolute atomic E-state index is 14.1. The summed E-state index contributed by atoms with van der Waals surface area (Å²) in [6.45, 7) is 4.40. The molecule has 2 aromatic heterocycles. The number of nitrogens with two attached hydrogens (primary N) is 1. The lowest BCUT2D eigenvalue weighted by Crippen LogP contribution is -2.29. The predicted octanol–water partition coefficient (Wildman–Crippen LogP) is 4.12. The van der Waals surface area contributed by atoms with Gasteiger partial charge in [-0.1, -0.05) is 36.4 Å². The van der Waals surface area contributed by atoms with Crippen molar-refractivity contribution in [3.8, 4) is 0 Å². The minimum Gasteiger partial charge on any atom is -0.481 e.